The first kappa shape index (κ1) is 18.0. The van der Waals surface area contributed by atoms with E-state index in [1.54, 1.807) is 32.4 Å². The number of carbonyl (C=O) groups is 1. The van der Waals surface area contributed by atoms with Crippen molar-refractivity contribution in [3.8, 4) is 17.3 Å². The van der Waals surface area contributed by atoms with Crippen LogP contribution >= 0.6 is 11.8 Å². The lowest BCUT2D eigenvalue weighted by Gasteiger charge is -2.12. The van der Waals surface area contributed by atoms with Gasteiger partial charge in [-0.1, -0.05) is 12.1 Å². The van der Waals surface area contributed by atoms with E-state index < -0.39 is 0 Å². The summed E-state index contributed by atoms with van der Waals surface area (Å²) in [6.45, 7) is 2.21. The summed E-state index contributed by atoms with van der Waals surface area (Å²) < 4.78 is 10.5. The van der Waals surface area contributed by atoms with Gasteiger partial charge in [-0.25, -0.2) is 9.97 Å². The van der Waals surface area contributed by atoms with E-state index in [1.807, 2.05) is 30.5 Å². The normalized spacial score (nSPS) is 10.6. The van der Waals surface area contributed by atoms with Gasteiger partial charge >= 0.3 is 0 Å². The van der Waals surface area contributed by atoms with Crippen LogP contribution in [0.25, 0.3) is 11.6 Å². The summed E-state index contributed by atoms with van der Waals surface area (Å²) in [5, 5.41) is 3.55. The lowest BCUT2D eigenvalue weighted by Crippen LogP contribution is -2.25. The van der Waals surface area contributed by atoms with Crippen LogP contribution in [0.15, 0.2) is 52.1 Å². The van der Waals surface area contributed by atoms with Crippen LogP contribution in [-0.4, -0.2) is 29.2 Å². The second-order valence-electron chi connectivity index (χ2n) is 5.52. The highest BCUT2D eigenvalue weighted by Crippen LogP contribution is 2.25. The lowest BCUT2D eigenvalue weighted by molar-refractivity contribution is 0.0946. The Kier molecular flexibility index (Phi) is 5.58. The Morgan fingerprint density at radius 2 is 2.00 bits per heavy atom. The molecular formula is C19H19N3O3S. The minimum absolute atomic E-state index is 0.200. The van der Waals surface area contributed by atoms with E-state index in [0.717, 1.165) is 11.3 Å². The average molecular weight is 369 g/mol. The van der Waals surface area contributed by atoms with Crippen molar-refractivity contribution in [2.24, 2.45) is 0 Å². The number of benzene rings is 1. The highest BCUT2D eigenvalue weighted by atomic mass is 32.2. The third kappa shape index (κ3) is 3.88. The predicted octanol–water partition coefficient (Wildman–Crippen LogP) is 3.71. The third-order valence-corrected chi connectivity index (χ3v) is 4.51. The van der Waals surface area contributed by atoms with Crippen LogP contribution in [0.4, 0.5) is 0 Å². The molecule has 2 aromatic heterocycles. The number of methoxy groups -OCH3 is 1. The lowest BCUT2D eigenvalue weighted by atomic mass is 10.2. The number of hydrogen-bond acceptors (Lipinski definition) is 6. The number of furan rings is 1. The Morgan fingerprint density at radius 1 is 1.23 bits per heavy atom. The van der Waals surface area contributed by atoms with Crippen molar-refractivity contribution in [3.63, 3.8) is 0 Å². The number of rotatable bonds is 6. The molecule has 3 rings (SSSR count). The number of hydrogen-bond donors (Lipinski definition) is 1. The van der Waals surface area contributed by atoms with Gasteiger partial charge < -0.3 is 14.5 Å². The fraction of sp³-hybridized carbons (Fsp3) is 0.211. The Bertz CT molecular complexity index is 893. The molecule has 6 nitrogen and oxygen atoms in total. The summed E-state index contributed by atoms with van der Waals surface area (Å²) in [4.78, 5) is 21.6. The topological polar surface area (TPSA) is 77.2 Å². The number of amides is 1. The molecule has 0 fully saturated rings. The van der Waals surface area contributed by atoms with E-state index in [9.17, 15) is 4.79 Å². The average Bonchev–Trinajstić information content (AvgIpc) is 3.20. The molecule has 0 radical (unpaired) electrons. The highest BCUT2D eigenvalue weighted by molar-refractivity contribution is 7.98. The molecule has 0 saturated heterocycles. The number of nitrogens with zero attached hydrogens (tertiary/aromatic N) is 2. The van der Waals surface area contributed by atoms with Crippen LogP contribution in [0.3, 0.4) is 0 Å². The van der Waals surface area contributed by atoms with Gasteiger partial charge in [-0.15, -0.1) is 11.8 Å². The number of carbonyl (C=O) groups excluding carboxylic acids is 1. The Hall–Kier alpha value is -2.80. The molecule has 7 heteroatoms. The number of thioether (sulfide) groups is 1. The standard InChI is InChI=1S/C19H19N3O3S/c1-12-16(18(23)20-11-13-6-8-14(24-2)9-7-13)19(26-3)22-17(21-12)15-5-4-10-25-15/h4-10H,11H2,1-3H3,(H,20,23). The molecular weight excluding hydrogens is 350 g/mol. The van der Waals surface area contributed by atoms with E-state index in [0.29, 0.717) is 34.4 Å². The first-order valence-corrected chi connectivity index (χ1v) is 9.22. The Morgan fingerprint density at radius 3 is 2.62 bits per heavy atom. The molecule has 2 heterocycles. The smallest absolute Gasteiger partial charge is 0.256 e. The molecule has 26 heavy (non-hydrogen) atoms. The summed E-state index contributed by atoms with van der Waals surface area (Å²) in [5.41, 5.74) is 2.08. The summed E-state index contributed by atoms with van der Waals surface area (Å²) in [6, 6.07) is 11.1. The fourth-order valence-corrected chi connectivity index (χ4v) is 3.11. The second-order valence-corrected chi connectivity index (χ2v) is 6.32. The van der Waals surface area contributed by atoms with Gasteiger partial charge in [0.1, 0.15) is 10.8 Å². The molecule has 0 aliphatic carbocycles. The number of nitrogens with one attached hydrogen (secondary N) is 1. The van der Waals surface area contributed by atoms with Crippen molar-refractivity contribution < 1.29 is 13.9 Å². The third-order valence-electron chi connectivity index (χ3n) is 3.83. The molecule has 0 unspecified atom stereocenters. The summed E-state index contributed by atoms with van der Waals surface area (Å²) in [7, 11) is 1.62. The zero-order valence-electron chi connectivity index (χ0n) is 14.8. The molecule has 1 aromatic carbocycles. The van der Waals surface area contributed by atoms with Gasteiger partial charge in [0, 0.05) is 6.54 Å². The highest BCUT2D eigenvalue weighted by Gasteiger charge is 2.19. The quantitative estimate of drug-likeness (QED) is 0.527. The monoisotopic (exact) mass is 369 g/mol. The fourth-order valence-electron chi connectivity index (χ4n) is 2.49. The van der Waals surface area contributed by atoms with Crippen molar-refractivity contribution in [3.05, 3.63) is 59.5 Å². The van der Waals surface area contributed by atoms with Gasteiger partial charge in [-0.2, -0.15) is 0 Å². The van der Waals surface area contributed by atoms with E-state index >= 15 is 0 Å². The molecule has 0 aliphatic heterocycles. The van der Waals surface area contributed by atoms with Crippen molar-refractivity contribution in [2.75, 3.05) is 13.4 Å². The maximum absolute atomic E-state index is 12.7. The molecule has 3 aromatic rings. The van der Waals surface area contributed by atoms with E-state index in [1.165, 1.54) is 11.8 Å². The van der Waals surface area contributed by atoms with Crippen LogP contribution in [0.1, 0.15) is 21.6 Å². The predicted molar refractivity (Wildman–Crippen MR) is 100 cm³/mol. The molecule has 0 bridgehead atoms. The van der Waals surface area contributed by atoms with Gasteiger partial charge in [0.25, 0.3) is 5.91 Å². The van der Waals surface area contributed by atoms with Crippen LogP contribution in [-0.2, 0) is 6.54 Å². The minimum Gasteiger partial charge on any atom is -0.497 e. The van der Waals surface area contributed by atoms with Crippen molar-refractivity contribution >= 4 is 17.7 Å². The molecule has 0 atom stereocenters. The molecule has 0 aliphatic rings. The van der Waals surface area contributed by atoms with Crippen LogP contribution < -0.4 is 10.1 Å². The molecule has 1 amide bonds. The van der Waals surface area contributed by atoms with Gasteiger partial charge in [-0.3, -0.25) is 4.79 Å². The van der Waals surface area contributed by atoms with Crippen LogP contribution in [0, 0.1) is 6.92 Å². The minimum atomic E-state index is -0.200. The van der Waals surface area contributed by atoms with Gasteiger partial charge in [-0.05, 0) is 43.0 Å². The summed E-state index contributed by atoms with van der Waals surface area (Å²) in [6.07, 6.45) is 3.45. The Balaban J connectivity index is 1.79. The maximum atomic E-state index is 12.7. The van der Waals surface area contributed by atoms with E-state index in [4.69, 9.17) is 9.15 Å². The maximum Gasteiger partial charge on any atom is 0.256 e. The zero-order valence-corrected chi connectivity index (χ0v) is 15.6. The molecule has 1 N–H and O–H groups in total. The number of aromatic nitrogens is 2. The number of ether oxygens (including phenoxy) is 1. The van der Waals surface area contributed by atoms with Crippen molar-refractivity contribution in [1.82, 2.24) is 15.3 Å². The Labute approximate surface area is 156 Å². The summed E-state index contributed by atoms with van der Waals surface area (Å²) in [5.74, 6) is 1.63. The SMILES string of the molecule is COc1ccc(CNC(=O)c2c(C)nc(-c3ccco3)nc2SC)cc1. The first-order valence-electron chi connectivity index (χ1n) is 8.00. The molecule has 0 spiro atoms. The van der Waals surface area contributed by atoms with Crippen LogP contribution in [0.5, 0.6) is 5.75 Å². The zero-order chi connectivity index (χ0) is 18.5. The largest absolute Gasteiger partial charge is 0.497 e. The molecule has 134 valence electrons. The van der Waals surface area contributed by atoms with Gasteiger partial charge in [0.2, 0.25) is 0 Å². The van der Waals surface area contributed by atoms with Crippen LogP contribution in [0.2, 0.25) is 0 Å². The van der Waals surface area contributed by atoms with Gasteiger partial charge in [0.05, 0.1) is 24.6 Å². The van der Waals surface area contributed by atoms with Gasteiger partial charge in [0.15, 0.2) is 11.6 Å². The first-order chi connectivity index (χ1) is 12.6. The van der Waals surface area contributed by atoms with Crippen molar-refractivity contribution in [1.29, 1.82) is 0 Å². The van der Waals surface area contributed by atoms with Crippen molar-refractivity contribution in [2.45, 2.75) is 18.5 Å². The van der Waals surface area contributed by atoms with E-state index in [-0.39, 0.29) is 5.91 Å². The number of aryl methyl sites for hydroxylation is 1. The molecule has 0 saturated carbocycles. The van der Waals surface area contributed by atoms with E-state index in [2.05, 4.69) is 15.3 Å². The second kappa shape index (κ2) is 8.05. The summed E-state index contributed by atoms with van der Waals surface area (Å²) >= 11 is 1.41.